The lowest BCUT2D eigenvalue weighted by molar-refractivity contribution is -0.849. The van der Waals surface area contributed by atoms with E-state index < -0.39 is 36.7 Å². The first-order valence-electron chi connectivity index (χ1n) is 9.40. The second-order valence-corrected chi connectivity index (χ2v) is 10.9. The minimum Gasteiger partial charge on any atom is -0.550 e. The summed E-state index contributed by atoms with van der Waals surface area (Å²) in [6.45, 7) is 0. The van der Waals surface area contributed by atoms with E-state index in [9.17, 15) is 29.7 Å². The molecule has 9 heteroatoms. The van der Waals surface area contributed by atoms with Crippen molar-refractivity contribution in [2.45, 2.75) is 25.7 Å². The molecule has 0 aliphatic carbocycles. The van der Waals surface area contributed by atoms with Gasteiger partial charge in [0.1, 0.15) is 0 Å². The third-order valence-electron chi connectivity index (χ3n) is 1.73. The highest BCUT2D eigenvalue weighted by atomic mass is 16.4. The van der Waals surface area contributed by atoms with Crippen LogP contribution in [0.4, 0.5) is 0 Å². The third-order valence-corrected chi connectivity index (χ3v) is 1.73. The number of carbonyl (C=O) groups is 3. The van der Waals surface area contributed by atoms with Crippen LogP contribution in [0.15, 0.2) is 0 Å². The fourth-order valence-corrected chi connectivity index (χ4v) is 0.964. The van der Waals surface area contributed by atoms with Crippen molar-refractivity contribution in [2.75, 3.05) is 84.6 Å². The molecule has 0 aromatic heterocycles. The summed E-state index contributed by atoms with van der Waals surface area (Å²) in [5, 5.41) is 30.4. The van der Waals surface area contributed by atoms with Crippen molar-refractivity contribution in [3.8, 4) is 0 Å². The molecule has 0 rings (SSSR count). The number of quaternary nitrogens is 3. The Kier molecular flexibility index (Phi) is 19.3. The number of nitrogens with zero attached hydrogens (tertiary/aromatic N) is 3. The SMILES string of the molecule is C[N+](C)(C)C.C[N+](C)(C)C.C[N+](C)(C)C.O=C([O-])CCC(CCC(=O)[O-])C(=O)[O-]. The largest absolute Gasteiger partial charge is 0.550 e. The highest BCUT2D eigenvalue weighted by Crippen LogP contribution is 2.12. The number of carbonyl (C=O) groups excluding carboxylic acids is 3. The fourth-order valence-electron chi connectivity index (χ4n) is 0.964. The lowest BCUT2D eigenvalue weighted by Crippen LogP contribution is -2.34. The fraction of sp³-hybridized carbons (Fsp3) is 0.850. The Hall–Kier alpha value is -1.71. The zero-order valence-electron chi connectivity index (χ0n) is 20.7. The first-order valence-corrected chi connectivity index (χ1v) is 9.40. The molecule has 0 N–H and O–H groups in total. The van der Waals surface area contributed by atoms with Crippen molar-refractivity contribution >= 4 is 17.9 Å². The number of aliphatic carboxylic acids is 3. The molecule has 0 amide bonds. The summed E-state index contributed by atoms with van der Waals surface area (Å²) in [6, 6.07) is 0. The molecular weight excluding hydrogens is 378 g/mol. The Morgan fingerprint density at radius 3 is 0.828 bits per heavy atom. The maximum Gasteiger partial charge on any atom is 0.0675 e. The van der Waals surface area contributed by atoms with Gasteiger partial charge in [-0.1, -0.05) is 0 Å². The monoisotopic (exact) mass is 423 g/mol. The van der Waals surface area contributed by atoms with Gasteiger partial charge in [-0.3, -0.25) is 0 Å². The van der Waals surface area contributed by atoms with Gasteiger partial charge in [-0.05, 0) is 31.6 Å². The zero-order chi connectivity index (χ0) is 24.6. The van der Waals surface area contributed by atoms with E-state index in [1.165, 1.54) is 0 Å². The Balaban J connectivity index is -0.000000171. The highest BCUT2D eigenvalue weighted by molar-refractivity contribution is 5.71. The lowest BCUT2D eigenvalue weighted by atomic mass is 9.98. The molecule has 0 unspecified atom stereocenters. The summed E-state index contributed by atoms with van der Waals surface area (Å²) >= 11 is 0. The van der Waals surface area contributed by atoms with Crippen LogP contribution in [-0.4, -0.2) is 116 Å². The molecule has 0 aromatic rings. The summed E-state index contributed by atoms with van der Waals surface area (Å²) in [5.74, 6) is -5.27. The number of hydrogen-bond acceptors (Lipinski definition) is 6. The van der Waals surface area contributed by atoms with Gasteiger partial charge in [0.25, 0.3) is 0 Å². The van der Waals surface area contributed by atoms with Gasteiger partial charge >= 0.3 is 0 Å². The number of hydrogen-bond donors (Lipinski definition) is 0. The Bertz CT molecular complexity index is 396. The van der Waals surface area contributed by atoms with Crippen LogP contribution < -0.4 is 15.3 Å². The normalized spacial score (nSPS) is 11.1. The maximum atomic E-state index is 10.4. The summed E-state index contributed by atoms with van der Waals surface area (Å²) in [6.07, 6.45) is -1.21. The predicted molar refractivity (Wildman–Crippen MR) is 109 cm³/mol. The third kappa shape index (κ3) is 103. The van der Waals surface area contributed by atoms with Crippen LogP contribution in [0.25, 0.3) is 0 Å². The van der Waals surface area contributed by atoms with Crippen molar-refractivity contribution in [1.82, 2.24) is 0 Å². The topological polar surface area (TPSA) is 120 Å². The van der Waals surface area contributed by atoms with Gasteiger partial charge in [-0.2, -0.15) is 0 Å². The van der Waals surface area contributed by atoms with Gasteiger partial charge in [0.2, 0.25) is 0 Å². The molecule has 9 nitrogen and oxygen atoms in total. The Labute approximate surface area is 177 Å². The smallest absolute Gasteiger partial charge is 0.0675 e. The van der Waals surface area contributed by atoms with Gasteiger partial charge < -0.3 is 43.2 Å². The number of rotatable bonds is 7. The van der Waals surface area contributed by atoms with Gasteiger partial charge in [0, 0.05) is 17.9 Å². The van der Waals surface area contributed by atoms with E-state index in [0.717, 1.165) is 13.4 Å². The Morgan fingerprint density at radius 2 is 0.724 bits per heavy atom. The van der Waals surface area contributed by atoms with Crippen molar-refractivity contribution < 1.29 is 43.2 Å². The van der Waals surface area contributed by atoms with Crippen molar-refractivity contribution in [1.29, 1.82) is 0 Å². The average Bonchev–Trinajstić information content (AvgIpc) is 2.30. The highest BCUT2D eigenvalue weighted by Gasteiger charge is 2.09. The molecule has 0 heterocycles. The van der Waals surface area contributed by atoms with Crippen molar-refractivity contribution in [3.05, 3.63) is 0 Å². The first-order chi connectivity index (χ1) is 12.4. The van der Waals surface area contributed by atoms with Gasteiger partial charge in [-0.15, -0.1) is 0 Å². The van der Waals surface area contributed by atoms with E-state index in [4.69, 9.17) is 0 Å². The maximum absolute atomic E-state index is 10.4. The second-order valence-electron chi connectivity index (χ2n) is 10.9. The van der Waals surface area contributed by atoms with E-state index in [-0.39, 0.29) is 12.8 Å². The quantitative estimate of drug-likeness (QED) is 0.414. The van der Waals surface area contributed by atoms with E-state index in [2.05, 4.69) is 84.6 Å². The molecular formula is C20H45N3O6. The van der Waals surface area contributed by atoms with Crippen molar-refractivity contribution in [2.24, 2.45) is 5.92 Å². The van der Waals surface area contributed by atoms with Crippen LogP contribution in [0.5, 0.6) is 0 Å². The number of carboxylic acids is 3. The molecule has 176 valence electrons. The van der Waals surface area contributed by atoms with Gasteiger partial charge in [-0.25, -0.2) is 0 Å². The molecule has 0 aromatic carbocycles. The van der Waals surface area contributed by atoms with Crippen LogP contribution in [0.2, 0.25) is 0 Å². The van der Waals surface area contributed by atoms with E-state index >= 15 is 0 Å². The van der Waals surface area contributed by atoms with Crippen LogP contribution in [0.1, 0.15) is 25.7 Å². The molecule has 29 heavy (non-hydrogen) atoms. The van der Waals surface area contributed by atoms with E-state index in [0.29, 0.717) is 0 Å². The predicted octanol–water partition coefficient (Wildman–Crippen LogP) is -2.62. The second kappa shape index (κ2) is 16.1. The molecule has 0 fully saturated rings. The average molecular weight is 424 g/mol. The standard InChI is InChI=1S/C8H12O6.3C4H12N/c9-6(10)3-1-5(8(13)14)2-4-7(11)12;3*1-5(2,3)4/h5H,1-4H2,(H,9,10)(H,11,12)(H,13,14);3*1-4H3/q;3*+1/p-3. The molecule has 0 aliphatic rings. The summed E-state index contributed by atoms with van der Waals surface area (Å²) < 4.78 is 3.00. The number of carboxylic acid groups (broad SMARTS) is 3. The van der Waals surface area contributed by atoms with Crippen LogP contribution >= 0.6 is 0 Å². The van der Waals surface area contributed by atoms with Crippen LogP contribution in [0, 0.1) is 5.92 Å². The zero-order valence-corrected chi connectivity index (χ0v) is 20.7. The molecule has 0 aliphatic heterocycles. The summed E-state index contributed by atoms with van der Waals surface area (Å²) in [7, 11) is 25.5. The molecule has 0 saturated heterocycles. The minimum absolute atomic E-state index is 0.183. The molecule has 0 saturated carbocycles. The summed E-state index contributed by atoms with van der Waals surface area (Å²) in [4.78, 5) is 30.4. The first kappa shape index (κ1) is 34.8. The van der Waals surface area contributed by atoms with E-state index in [1.54, 1.807) is 0 Å². The van der Waals surface area contributed by atoms with E-state index in [1.807, 2.05) is 0 Å². The lowest BCUT2D eigenvalue weighted by Gasteiger charge is -2.18. The molecule has 0 spiro atoms. The Morgan fingerprint density at radius 1 is 0.552 bits per heavy atom. The molecule has 0 radical (unpaired) electrons. The minimum atomic E-state index is -1.45. The van der Waals surface area contributed by atoms with Gasteiger partial charge in [0.15, 0.2) is 0 Å². The van der Waals surface area contributed by atoms with Crippen LogP contribution in [0.3, 0.4) is 0 Å². The summed E-state index contributed by atoms with van der Waals surface area (Å²) in [5.41, 5.74) is 0. The molecule has 0 atom stereocenters. The van der Waals surface area contributed by atoms with Gasteiger partial charge in [0.05, 0.1) is 84.6 Å². The van der Waals surface area contributed by atoms with Crippen LogP contribution in [-0.2, 0) is 14.4 Å². The molecule has 0 bridgehead atoms. The van der Waals surface area contributed by atoms with Crippen molar-refractivity contribution in [3.63, 3.8) is 0 Å².